The summed E-state index contributed by atoms with van der Waals surface area (Å²) in [5, 5.41) is 3.28. The first kappa shape index (κ1) is 16.3. The number of anilines is 1. The highest BCUT2D eigenvalue weighted by Crippen LogP contribution is 2.20. The maximum absolute atomic E-state index is 11.7. The molecule has 0 fully saturated rings. The number of rotatable bonds is 5. The van der Waals surface area contributed by atoms with E-state index in [0.717, 1.165) is 11.1 Å². The van der Waals surface area contributed by atoms with E-state index in [4.69, 9.17) is 0 Å². The molecule has 3 rings (SSSR count). The van der Waals surface area contributed by atoms with Crippen molar-refractivity contribution in [1.82, 2.24) is 19.7 Å². The second kappa shape index (κ2) is 6.50. The molecule has 0 aliphatic carbocycles. The Morgan fingerprint density at radius 1 is 1.00 bits per heavy atom. The minimum Gasteiger partial charge on any atom is -0.363 e. The Kier molecular flexibility index (Phi) is 4.41. The van der Waals surface area contributed by atoms with Gasteiger partial charge in [0.25, 0.3) is 0 Å². The smallest absolute Gasteiger partial charge is 0.240 e. The third kappa shape index (κ3) is 3.34. The molecule has 3 aromatic rings. The SMILES string of the molecule is CNS(=O)(=O)c1ccc(C(C)Nc2ccc3nccnc3n2)cc1. The second-order valence-corrected chi connectivity index (χ2v) is 7.12. The maximum atomic E-state index is 11.7. The third-order valence-electron chi connectivity index (χ3n) is 3.66. The van der Waals surface area contributed by atoms with Crippen molar-refractivity contribution in [3.8, 4) is 0 Å². The van der Waals surface area contributed by atoms with Gasteiger partial charge < -0.3 is 5.32 Å². The van der Waals surface area contributed by atoms with Crippen molar-refractivity contribution in [2.75, 3.05) is 12.4 Å². The minimum absolute atomic E-state index is 0.0436. The van der Waals surface area contributed by atoms with Crippen LogP contribution in [0.3, 0.4) is 0 Å². The van der Waals surface area contributed by atoms with Crippen LogP contribution in [0.4, 0.5) is 5.82 Å². The molecule has 0 aliphatic rings. The molecule has 0 bridgehead atoms. The van der Waals surface area contributed by atoms with Gasteiger partial charge >= 0.3 is 0 Å². The monoisotopic (exact) mass is 343 g/mol. The number of fused-ring (bicyclic) bond motifs is 1. The van der Waals surface area contributed by atoms with Crippen LogP contribution in [0, 0.1) is 0 Å². The molecule has 2 N–H and O–H groups in total. The standard InChI is InChI=1S/C16H17N5O2S/c1-11(12-3-5-13(6-4-12)24(22,23)17-2)20-15-8-7-14-16(21-15)19-10-9-18-14/h3-11,17H,1-2H3,(H,19,20,21). The van der Waals surface area contributed by atoms with E-state index in [1.807, 2.05) is 19.1 Å². The normalized spacial score (nSPS) is 12.9. The largest absolute Gasteiger partial charge is 0.363 e. The van der Waals surface area contributed by atoms with Crippen LogP contribution in [0.1, 0.15) is 18.5 Å². The summed E-state index contributed by atoms with van der Waals surface area (Å²) in [6.07, 6.45) is 3.23. The molecule has 0 spiro atoms. The molecule has 1 aromatic carbocycles. The van der Waals surface area contributed by atoms with Crippen molar-refractivity contribution in [2.45, 2.75) is 17.9 Å². The van der Waals surface area contributed by atoms with E-state index < -0.39 is 10.0 Å². The van der Waals surface area contributed by atoms with Crippen LogP contribution in [0.15, 0.2) is 53.7 Å². The molecule has 0 aliphatic heterocycles. The number of nitrogens with one attached hydrogen (secondary N) is 2. The van der Waals surface area contributed by atoms with Gasteiger partial charge in [0.15, 0.2) is 5.65 Å². The molecule has 0 saturated heterocycles. The third-order valence-corrected chi connectivity index (χ3v) is 5.09. The van der Waals surface area contributed by atoms with Crippen molar-refractivity contribution >= 4 is 27.0 Å². The van der Waals surface area contributed by atoms with Gasteiger partial charge in [-0.2, -0.15) is 0 Å². The first-order valence-electron chi connectivity index (χ1n) is 7.37. The average molecular weight is 343 g/mol. The zero-order chi connectivity index (χ0) is 17.2. The Hall–Kier alpha value is -2.58. The number of aromatic nitrogens is 3. The van der Waals surface area contributed by atoms with Crippen molar-refractivity contribution in [3.63, 3.8) is 0 Å². The van der Waals surface area contributed by atoms with Gasteiger partial charge in [-0.3, -0.25) is 4.98 Å². The molecule has 7 nitrogen and oxygen atoms in total. The van der Waals surface area contributed by atoms with Crippen molar-refractivity contribution in [2.24, 2.45) is 0 Å². The van der Waals surface area contributed by atoms with Gasteiger partial charge in [-0.25, -0.2) is 23.1 Å². The Morgan fingerprint density at radius 3 is 2.42 bits per heavy atom. The van der Waals surface area contributed by atoms with E-state index in [1.54, 1.807) is 36.7 Å². The second-order valence-electron chi connectivity index (χ2n) is 5.24. The van der Waals surface area contributed by atoms with Crippen LogP contribution in [-0.2, 0) is 10.0 Å². The topological polar surface area (TPSA) is 96.9 Å². The Bertz CT molecular complexity index is 958. The number of pyridine rings is 1. The van der Waals surface area contributed by atoms with Crippen LogP contribution in [0.2, 0.25) is 0 Å². The number of hydrogen-bond acceptors (Lipinski definition) is 6. The first-order valence-corrected chi connectivity index (χ1v) is 8.86. The van der Waals surface area contributed by atoms with Gasteiger partial charge in [0.2, 0.25) is 10.0 Å². The lowest BCUT2D eigenvalue weighted by Crippen LogP contribution is -2.18. The van der Waals surface area contributed by atoms with Crippen LogP contribution in [-0.4, -0.2) is 30.4 Å². The van der Waals surface area contributed by atoms with Gasteiger partial charge in [-0.05, 0) is 43.8 Å². The summed E-state index contributed by atoms with van der Waals surface area (Å²) in [6, 6.07) is 10.4. The molecule has 8 heteroatoms. The van der Waals surface area contributed by atoms with Gasteiger partial charge in [-0.1, -0.05) is 12.1 Å². The average Bonchev–Trinajstić information content (AvgIpc) is 2.61. The summed E-state index contributed by atoms with van der Waals surface area (Å²) in [5.74, 6) is 0.683. The van der Waals surface area contributed by atoms with Gasteiger partial charge in [0.05, 0.1) is 4.90 Å². The molecule has 2 aromatic heterocycles. The summed E-state index contributed by atoms with van der Waals surface area (Å²) < 4.78 is 25.8. The fourth-order valence-electron chi connectivity index (χ4n) is 2.29. The van der Waals surface area contributed by atoms with Crippen LogP contribution in [0.5, 0.6) is 0 Å². The predicted molar refractivity (Wildman–Crippen MR) is 92.1 cm³/mol. The summed E-state index contributed by atoms with van der Waals surface area (Å²) in [5.41, 5.74) is 2.26. The molecule has 0 amide bonds. The molecule has 0 saturated carbocycles. The van der Waals surface area contributed by atoms with Crippen molar-refractivity contribution in [1.29, 1.82) is 0 Å². The first-order chi connectivity index (χ1) is 11.5. The van der Waals surface area contributed by atoms with E-state index in [1.165, 1.54) is 7.05 Å². The molecule has 2 heterocycles. The number of hydrogen-bond donors (Lipinski definition) is 2. The molecular weight excluding hydrogens is 326 g/mol. The number of nitrogens with zero attached hydrogens (tertiary/aromatic N) is 3. The van der Waals surface area contributed by atoms with E-state index in [2.05, 4.69) is 25.0 Å². The van der Waals surface area contributed by atoms with Crippen molar-refractivity contribution < 1.29 is 8.42 Å². The molecule has 24 heavy (non-hydrogen) atoms. The molecule has 124 valence electrons. The van der Waals surface area contributed by atoms with Crippen LogP contribution in [0.25, 0.3) is 11.2 Å². The predicted octanol–water partition coefficient (Wildman–Crippen LogP) is 2.11. The summed E-state index contributed by atoms with van der Waals surface area (Å²) >= 11 is 0. The van der Waals surface area contributed by atoms with Crippen LogP contribution >= 0.6 is 0 Å². The lowest BCUT2D eigenvalue weighted by molar-refractivity contribution is 0.588. The van der Waals surface area contributed by atoms with Gasteiger partial charge in [0, 0.05) is 18.4 Å². The highest BCUT2D eigenvalue weighted by Gasteiger charge is 2.12. The number of benzene rings is 1. The van der Waals surface area contributed by atoms with E-state index in [-0.39, 0.29) is 10.9 Å². The molecule has 0 radical (unpaired) electrons. The van der Waals surface area contributed by atoms with Crippen LogP contribution < -0.4 is 10.0 Å². The lowest BCUT2D eigenvalue weighted by atomic mass is 10.1. The Balaban J connectivity index is 1.79. The van der Waals surface area contributed by atoms with E-state index in [9.17, 15) is 8.42 Å². The summed E-state index contributed by atoms with van der Waals surface area (Å²) in [6.45, 7) is 1.98. The minimum atomic E-state index is -3.42. The summed E-state index contributed by atoms with van der Waals surface area (Å²) in [7, 11) is -2.03. The van der Waals surface area contributed by atoms with E-state index >= 15 is 0 Å². The highest BCUT2D eigenvalue weighted by molar-refractivity contribution is 7.89. The summed E-state index contributed by atoms with van der Waals surface area (Å²) in [4.78, 5) is 13.0. The van der Waals surface area contributed by atoms with Crippen molar-refractivity contribution in [3.05, 3.63) is 54.4 Å². The molecule has 1 atom stereocenters. The number of sulfonamides is 1. The lowest BCUT2D eigenvalue weighted by Gasteiger charge is -2.15. The maximum Gasteiger partial charge on any atom is 0.240 e. The van der Waals surface area contributed by atoms with Gasteiger partial charge in [-0.15, -0.1) is 0 Å². The highest BCUT2D eigenvalue weighted by atomic mass is 32.2. The van der Waals surface area contributed by atoms with Gasteiger partial charge in [0.1, 0.15) is 11.3 Å². The Morgan fingerprint density at radius 2 is 1.71 bits per heavy atom. The Labute approximate surface area is 140 Å². The molecule has 1 unspecified atom stereocenters. The molecular formula is C16H17N5O2S. The van der Waals surface area contributed by atoms with E-state index in [0.29, 0.717) is 11.5 Å². The fourth-order valence-corrected chi connectivity index (χ4v) is 3.02. The quantitative estimate of drug-likeness (QED) is 0.736. The fraction of sp³-hybridized carbons (Fsp3) is 0.188. The zero-order valence-corrected chi connectivity index (χ0v) is 14.1. The zero-order valence-electron chi connectivity index (χ0n) is 13.3.